The number of nitrogens with one attached hydrogen (secondary N) is 1. The Hall–Kier alpha value is -2.46. The van der Waals surface area contributed by atoms with Gasteiger partial charge in [-0.25, -0.2) is 9.07 Å². The number of hydrogen-bond donors (Lipinski definition) is 1. The summed E-state index contributed by atoms with van der Waals surface area (Å²) < 4.78 is 15.3. The summed E-state index contributed by atoms with van der Waals surface area (Å²) in [6.07, 6.45) is 1.93. The van der Waals surface area contributed by atoms with Gasteiger partial charge in [-0.15, -0.1) is 0 Å². The zero-order valence-electron chi connectivity index (χ0n) is 11.5. The molecule has 0 radical (unpaired) electrons. The predicted molar refractivity (Wildman–Crippen MR) is 80.5 cm³/mol. The van der Waals surface area contributed by atoms with Gasteiger partial charge in [-0.2, -0.15) is 5.10 Å². The Bertz CT molecular complexity index is 707. The van der Waals surface area contributed by atoms with Crippen LogP contribution < -0.4 is 5.32 Å². The predicted octanol–water partition coefficient (Wildman–Crippen LogP) is 3.30. The molecule has 0 aliphatic carbocycles. The van der Waals surface area contributed by atoms with Gasteiger partial charge in [-0.05, 0) is 24.3 Å². The normalized spacial score (nSPS) is 10.7. The summed E-state index contributed by atoms with van der Waals surface area (Å²) in [5.41, 5.74) is 2.62. The van der Waals surface area contributed by atoms with Crippen molar-refractivity contribution in [1.82, 2.24) is 15.1 Å². The summed E-state index contributed by atoms with van der Waals surface area (Å²) in [6.45, 7) is 1.10. The highest BCUT2D eigenvalue weighted by molar-refractivity contribution is 5.30. The molecule has 1 aromatic heterocycles. The number of aromatic nitrogens is 2. The van der Waals surface area contributed by atoms with Crippen LogP contribution in [0.5, 0.6) is 0 Å². The number of nitrogens with zero attached hydrogens (tertiary/aromatic N) is 2. The van der Waals surface area contributed by atoms with Crippen molar-refractivity contribution in [2.45, 2.75) is 13.1 Å². The fourth-order valence-electron chi connectivity index (χ4n) is 2.15. The summed E-state index contributed by atoms with van der Waals surface area (Å²) in [7, 11) is 0. The summed E-state index contributed by atoms with van der Waals surface area (Å²) in [4.78, 5) is 0. The first-order valence-electron chi connectivity index (χ1n) is 6.87. The van der Waals surface area contributed by atoms with E-state index >= 15 is 0 Å². The zero-order valence-corrected chi connectivity index (χ0v) is 11.5. The van der Waals surface area contributed by atoms with E-state index in [1.807, 2.05) is 53.3 Å². The molecule has 21 heavy (non-hydrogen) atoms. The molecular formula is C17H16FN3. The molecule has 2 aromatic carbocycles. The van der Waals surface area contributed by atoms with Crippen LogP contribution in [-0.2, 0) is 13.1 Å². The van der Waals surface area contributed by atoms with Crippen LogP contribution in [0.25, 0.3) is 5.69 Å². The second kappa shape index (κ2) is 6.33. The van der Waals surface area contributed by atoms with Gasteiger partial charge < -0.3 is 5.32 Å². The van der Waals surface area contributed by atoms with E-state index in [1.165, 1.54) is 6.07 Å². The Kier molecular flexibility index (Phi) is 4.07. The Balaban J connectivity index is 1.60. The van der Waals surface area contributed by atoms with Gasteiger partial charge in [-0.3, -0.25) is 0 Å². The Morgan fingerprint density at radius 2 is 1.67 bits per heavy atom. The van der Waals surface area contributed by atoms with Crippen molar-refractivity contribution in [2.75, 3.05) is 0 Å². The highest BCUT2D eigenvalue weighted by Crippen LogP contribution is 2.08. The summed E-state index contributed by atoms with van der Waals surface area (Å²) in [5, 5.41) is 7.70. The minimum atomic E-state index is -0.181. The molecule has 0 aliphatic heterocycles. The Morgan fingerprint density at radius 1 is 0.905 bits per heavy atom. The molecule has 0 aliphatic rings. The Morgan fingerprint density at radius 3 is 2.48 bits per heavy atom. The van der Waals surface area contributed by atoms with Crippen LogP contribution in [0, 0.1) is 5.82 Å². The minimum absolute atomic E-state index is 0.181. The van der Waals surface area contributed by atoms with Gasteiger partial charge in [-0.1, -0.05) is 36.4 Å². The summed E-state index contributed by atoms with van der Waals surface area (Å²) in [6, 6.07) is 18.7. The molecule has 3 rings (SSSR count). The topological polar surface area (TPSA) is 29.9 Å². The molecule has 0 unspecified atom stereocenters. The maximum Gasteiger partial charge on any atom is 0.127 e. The third-order valence-corrected chi connectivity index (χ3v) is 3.24. The van der Waals surface area contributed by atoms with E-state index in [1.54, 1.807) is 12.1 Å². The van der Waals surface area contributed by atoms with Gasteiger partial charge in [0.15, 0.2) is 0 Å². The van der Waals surface area contributed by atoms with Crippen molar-refractivity contribution in [3.05, 3.63) is 83.9 Å². The van der Waals surface area contributed by atoms with E-state index in [4.69, 9.17) is 0 Å². The van der Waals surface area contributed by atoms with Crippen molar-refractivity contribution >= 4 is 0 Å². The number of para-hydroxylation sites is 1. The van der Waals surface area contributed by atoms with E-state index in [2.05, 4.69) is 10.4 Å². The van der Waals surface area contributed by atoms with Crippen molar-refractivity contribution in [1.29, 1.82) is 0 Å². The molecule has 0 spiro atoms. The summed E-state index contributed by atoms with van der Waals surface area (Å²) in [5.74, 6) is -0.181. The number of benzene rings is 2. The lowest BCUT2D eigenvalue weighted by Gasteiger charge is -2.04. The second-order valence-electron chi connectivity index (χ2n) is 4.78. The third kappa shape index (κ3) is 3.35. The minimum Gasteiger partial charge on any atom is -0.307 e. The van der Waals surface area contributed by atoms with Gasteiger partial charge >= 0.3 is 0 Å². The van der Waals surface area contributed by atoms with Crippen LogP contribution in [-0.4, -0.2) is 9.78 Å². The smallest absolute Gasteiger partial charge is 0.127 e. The third-order valence-electron chi connectivity index (χ3n) is 3.24. The molecule has 0 fully saturated rings. The van der Waals surface area contributed by atoms with E-state index in [9.17, 15) is 4.39 Å². The van der Waals surface area contributed by atoms with E-state index in [0.29, 0.717) is 18.7 Å². The molecule has 3 aromatic rings. The first-order chi connectivity index (χ1) is 10.3. The van der Waals surface area contributed by atoms with Crippen LogP contribution in [0.3, 0.4) is 0 Å². The molecule has 4 heteroatoms. The highest BCUT2D eigenvalue weighted by atomic mass is 19.1. The first-order valence-corrected chi connectivity index (χ1v) is 6.87. The van der Waals surface area contributed by atoms with Crippen LogP contribution in [0.1, 0.15) is 11.3 Å². The first kappa shape index (κ1) is 13.5. The van der Waals surface area contributed by atoms with Crippen molar-refractivity contribution in [2.24, 2.45) is 0 Å². The van der Waals surface area contributed by atoms with E-state index in [-0.39, 0.29) is 5.82 Å². The average Bonchev–Trinajstić information content (AvgIpc) is 2.99. The van der Waals surface area contributed by atoms with Crippen LogP contribution in [0.4, 0.5) is 4.39 Å². The number of rotatable bonds is 5. The van der Waals surface area contributed by atoms with Gasteiger partial charge in [0.1, 0.15) is 5.82 Å². The van der Waals surface area contributed by atoms with Crippen LogP contribution >= 0.6 is 0 Å². The fraction of sp³-hybridized carbons (Fsp3) is 0.118. The van der Waals surface area contributed by atoms with Crippen molar-refractivity contribution < 1.29 is 4.39 Å². The lowest BCUT2D eigenvalue weighted by atomic mass is 10.2. The molecule has 0 atom stereocenters. The van der Waals surface area contributed by atoms with Gasteiger partial charge in [0.2, 0.25) is 0 Å². The molecule has 1 heterocycles. The average molecular weight is 281 g/mol. The number of hydrogen-bond acceptors (Lipinski definition) is 2. The van der Waals surface area contributed by atoms with Gasteiger partial charge in [0.25, 0.3) is 0 Å². The fourth-order valence-corrected chi connectivity index (χ4v) is 2.15. The number of halogens is 1. The zero-order chi connectivity index (χ0) is 14.5. The molecule has 0 bridgehead atoms. The second-order valence-corrected chi connectivity index (χ2v) is 4.78. The molecule has 0 amide bonds. The molecule has 106 valence electrons. The lowest BCUT2D eigenvalue weighted by molar-refractivity contribution is 0.584. The molecule has 0 saturated carbocycles. The van der Waals surface area contributed by atoms with E-state index in [0.717, 1.165) is 11.4 Å². The van der Waals surface area contributed by atoms with Crippen molar-refractivity contribution in [3.63, 3.8) is 0 Å². The summed E-state index contributed by atoms with van der Waals surface area (Å²) >= 11 is 0. The maximum atomic E-state index is 13.5. The van der Waals surface area contributed by atoms with E-state index < -0.39 is 0 Å². The standard InChI is InChI=1S/C17H16FN3/c18-17-9-5-4-6-14(17)12-19-13-15-10-11-21(20-15)16-7-2-1-3-8-16/h1-11,19H,12-13H2. The molecule has 0 saturated heterocycles. The largest absolute Gasteiger partial charge is 0.307 e. The van der Waals surface area contributed by atoms with Crippen LogP contribution in [0.15, 0.2) is 66.9 Å². The van der Waals surface area contributed by atoms with Gasteiger partial charge in [0, 0.05) is 24.8 Å². The van der Waals surface area contributed by atoms with Gasteiger partial charge in [0.05, 0.1) is 11.4 Å². The monoisotopic (exact) mass is 281 g/mol. The highest BCUT2D eigenvalue weighted by Gasteiger charge is 2.02. The molecule has 3 nitrogen and oxygen atoms in total. The maximum absolute atomic E-state index is 13.5. The SMILES string of the molecule is Fc1ccccc1CNCc1ccn(-c2ccccc2)n1. The Labute approximate surface area is 123 Å². The lowest BCUT2D eigenvalue weighted by Crippen LogP contribution is -2.14. The quantitative estimate of drug-likeness (QED) is 0.777. The van der Waals surface area contributed by atoms with Crippen molar-refractivity contribution in [3.8, 4) is 5.69 Å². The molecular weight excluding hydrogens is 265 g/mol. The molecule has 1 N–H and O–H groups in total. The van der Waals surface area contributed by atoms with Crippen LogP contribution in [0.2, 0.25) is 0 Å².